The molecule has 2 aromatic carbocycles. The van der Waals surface area contributed by atoms with Gasteiger partial charge in [0.2, 0.25) is 0 Å². The predicted molar refractivity (Wildman–Crippen MR) is 126 cm³/mol. The highest BCUT2D eigenvalue weighted by molar-refractivity contribution is 5.75. The molecule has 0 nitrogen and oxygen atoms in total. The number of benzene rings is 2. The van der Waals surface area contributed by atoms with Gasteiger partial charge in [-0.3, -0.25) is 0 Å². The Hall–Kier alpha value is -3.38. The summed E-state index contributed by atoms with van der Waals surface area (Å²) in [7, 11) is 0. The summed E-state index contributed by atoms with van der Waals surface area (Å²) in [6.07, 6.45) is 24.5. The highest BCUT2D eigenvalue weighted by atomic mass is 14.0. The molecule has 0 saturated heterocycles. The number of hydrogen-bond donors (Lipinski definition) is 0. The van der Waals surface area contributed by atoms with Crippen LogP contribution in [-0.2, 0) is 0 Å². The lowest BCUT2D eigenvalue weighted by Gasteiger charge is -2.00. The van der Waals surface area contributed by atoms with Gasteiger partial charge in [0.15, 0.2) is 0 Å². The van der Waals surface area contributed by atoms with Gasteiger partial charge in [0.05, 0.1) is 0 Å². The molecule has 2 rings (SSSR count). The molecule has 0 heterocycles. The Kier molecular flexibility index (Phi) is 9.03. The predicted octanol–water partition coefficient (Wildman–Crippen LogP) is 6.07. The normalized spacial score (nSPS) is 14.3. The van der Waals surface area contributed by atoms with Crippen molar-refractivity contribution in [1.29, 1.82) is 0 Å². The molecule has 0 aromatic heterocycles. The topological polar surface area (TPSA) is 0 Å². The molecule has 2 aromatic rings. The molecule has 0 fully saturated rings. The summed E-state index contributed by atoms with van der Waals surface area (Å²) in [5, 5.41) is 2.39. The molecule has 140 valence electrons. The van der Waals surface area contributed by atoms with Crippen molar-refractivity contribution in [2.45, 2.75) is 13.8 Å². The summed E-state index contributed by atoms with van der Waals surface area (Å²) in [4.78, 5) is 0. The third-order valence-corrected chi connectivity index (χ3v) is 4.10. The van der Waals surface area contributed by atoms with Crippen molar-refractivity contribution in [3.8, 4) is 0 Å². The van der Waals surface area contributed by atoms with Crippen LogP contribution in [0.15, 0.2) is 116 Å². The van der Waals surface area contributed by atoms with E-state index in [2.05, 4.69) is 111 Å². The van der Waals surface area contributed by atoms with Gasteiger partial charge in [-0.15, -0.1) is 0 Å². The minimum absolute atomic E-state index is 1.19. The first-order valence-corrected chi connectivity index (χ1v) is 9.54. The van der Waals surface area contributed by atoms with Crippen molar-refractivity contribution in [2.75, 3.05) is 0 Å². The van der Waals surface area contributed by atoms with Crippen LogP contribution in [0, 0.1) is 6.92 Å². The van der Waals surface area contributed by atoms with Crippen LogP contribution in [0.5, 0.6) is 0 Å². The molecule has 0 saturated carbocycles. The molecule has 0 heteroatoms. The Morgan fingerprint density at radius 3 is 2.25 bits per heavy atom. The Morgan fingerprint density at radius 2 is 1.50 bits per heavy atom. The molecule has 0 aliphatic rings. The van der Waals surface area contributed by atoms with Crippen molar-refractivity contribution in [2.24, 2.45) is 0 Å². The van der Waals surface area contributed by atoms with E-state index in [-0.39, 0.29) is 0 Å². The van der Waals surface area contributed by atoms with Crippen molar-refractivity contribution in [1.82, 2.24) is 0 Å². The first-order valence-electron chi connectivity index (χ1n) is 9.54. The van der Waals surface area contributed by atoms with Crippen LogP contribution in [0.3, 0.4) is 0 Å². The average Bonchev–Trinajstić information content (AvgIpc) is 2.72. The van der Waals surface area contributed by atoms with Crippen LogP contribution in [0.1, 0.15) is 18.1 Å². The van der Waals surface area contributed by atoms with Gasteiger partial charge in [0.1, 0.15) is 0 Å². The van der Waals surface area contributed by atoms with Crippen molar-refractivity contribution < 1.29 is 0 Å². The molecule has 0 aliphatic heterocycles. The second kappa shape index (κ2) is 12.1. The van der Waals surface area contributed by atoms with Crippen LogP contribution in [0.2, 0.25) is 0 Å². The molecule has 0 bridgehead atoms. The molecule has 0 unspecified atom stereocenters. The third-order valence-electron chi connectivity index (χ3n) is 4.10. The largest absolute Gasteiger partial charge is 0.0991 e. The SMILES string of the molecule is C=C/C=C/C=c1\ccc(C)c\c1=C\C=C\C=C/C=C(/C=C\C)c1ccccc1. The van der Waals surface area contributed by atoms with Gasteiger partial charge in [-0.1, -0.05) is 134 Å². The van der Waals surface area contributed by atoms with Crippen molar-refractivity contribution in [3.63, 3.8) is 0 Å². The summed E-state index contributed by atoms with van der Waals surface area (Å²) in [5.41, 5.74) is 3.66. The Labute approximate surface area is 169 Å². The summed E-state index contributed by atoms with van der Waals surface area (Å²) < 4.78 is 0. The maximum atomic E-state index is 3.71. The zero-order chi connectivity index (χ0) is 20.0. The Balaban J connectivity index is 2.20. The molecule has 0 amide bonds. The molecule has 0 atom stereocenters. The van der Waals surface area contributed by atoms with E-state index in [4.69, 9.17) is 0 Å². The highest BCUT2D eigenvalue weighted by Crippen LogP contribution is 2.15. The van der Waals surface area contributed by atoms with Crippen LogP contribution in [-0.4, -0.2) is 0 Å². The fourth-order valence-electron chi connectivity index (χ4n) is 2.73. The number of rotatable bonds is 7. The van der Waals surface area contributed by atoms with Gasteiger partial charge in [0, 0.05) is 0 Å². The van der Waals surface area contributed by atoms with Gasteiger partial charge < -0.3 is 0 Å². The molecule has 0 radical (unpaired) electrons. The lowest BCUT2D eigenvalue weighted by atomic mass is 10.1. The molecular formula is C28H28. The van der Waals surface area contributed by atoms with Gasteiger partial charge in [-0.05, 0) is 35.4 Å². The molecule has 28 heavy (non-hydrogen) atoms. The standard InChI is InChI=1S/C28H28/c1-4-6-10-16-27-22-21-24(3)23-28(27)20-12-8-7-11-17-25(15-5-2)26-18-13-9-14-19-26/h4-23H,1H2,2-3H3/b10-6+,11-7-,12-8+,15-5-,25-17-,27-16+,28-20-. The minimum Gasteiger partial charge on any atom is -0.0991 e. The minimum atomic E-state index is 1.19. The van der Waals surface area contributed by atoms with Crippen LogP contribution < -0.4 is 10.4 Å². The van der Waals surface area contributed by atoms with Gasteiger partial charge in [-0.2, -0.15) is 0 Å². The maximum absolute atomic E-state index is 3.71. The lowest BCUT2D eigenvalue weighted by molar-refractivity contribution is 1.40. The van der Waals surface area contributed by atoms with E-state index < -0.39 is 0 Å². The average molecular weight is 365 g/mol. The summed E-state index contributed by atoms with van der Waals surface area (Å²) in [5.74, 6) is 0. The Bertz CT molecular complexity index is 1020. The summed E-state index contributed by atoms with van der Waals surface area (Å²) in [6, 6.07) is 16.9. The zero-order valence-electron chi connectivity index (χ0n) is 16.8. The fourth-order valence-corrected chi connectivity index (χ4v) is 2.73. The third kappa shape index (κ3) is 7.09. The van der Waals surface area contributed by atoms with Crippen LogP contribution >= 0.6 is 0 Å². The lowest BCUT2D eigenvalue weighted by Crippen LogP contribution is -2.23. The van der Waals surface area contributed by atoms with E-state index in [0.717, 1.165) is 0 Å². The first-order chi connectivity index (χ1) is 13.7. The van der Waals surface area contributed by atoms with E-state index >= 15 is 0 Å². The van der Waals surface area contributed by atoms with Gasteiger partial charge in [-0.25, -0.2) is 0 Å². The summed E-state index contributed by atoms with van der Waals surface area (Å²) >= 11 is 0. The maximum Gasteiger partial charge on any atom is -0.0181 e. The molecule has 0 spiro atoms. The van der Waals surface area contributed by atoms with Crippen molar-refractivity contribution >= 4 is 17.7 Å². The van der Waals surface area contributed by atoms with E-state index in [1.165, 1.54) is 27.1 Å². The van der Waals surface area contributed by atoms with E-state index in [0.29, 0.717) is 0 Å². The Morgan fingerprint density at radius 1 is 0.786 bits per heavy atom. The monoisotopic (exact) mass is 364 g/mol. The smallest absolute Gasteiger partial charge is 0.0181 e. The highest BCUT2D eigenvalue weighted by Gasteiger charge is 1.93. The first kappa shape index (κ1) is 20.9. The van der Waals surface area contributed by atoms with Crippen molar-refractivity contribution in [3.05, 3.63) is 137 Å². The quantitative estimate of drug-likeness (QED) is 0.523. The van der Waals surface area contributed by atoms with E-state index in [1.54, 1.807) is 6.08 Å². The second-order valence-corrected chi connectivity index (χ2v) is 6.34. The summed E-state index contributed by atoms with van der Waals surface area (Å²) in [6.45, 7) is 7.86. The van der Waals surface area contributed by atoms with E-state index in [9.17, 15) is 0 Å². The number of aryl methyl sites for hydroxylation is 1. The van der Waals surface area contributed by atoms with Crippen LogP contribution in [0.25, 0.3) is 17.7 Å². The number of hydrogen-bond acceptors (Lipinski definition) is 0. The van der Waals surface area contributed by atoms with Gasteiger partial charge in [0.25, 0.3) is 0 Å². The van der Waals surface area contributed by atoms with E-state index in [1.807, 2.05) is 25.1 Å². The number of allylic oxidation sites excluding steroid dienone is 11. The second-order valence-electron chi connectivity index (χ2n) is 6.34. The van der Waals surface area contributed by atoms with Gasteiger partial charge >= 0.3 is 0 Å². The fraction of sp³-hybridized carbons (Fsp3) is 0.0714. The molecule has 0 N–H and O–H groups in total. The zero-order valence-corrected chi connectivity index (χ0v) is 16.8. The van der Waals surface area contributed by atoms with Crippen LogP contribution in [0.4, 0.5) is 0 Å². The molecular weight excluding hydrogens is 336 g/mol. The molecule has 0 aliphatic carbocycles.